The number of benzene rings is 3. The van der Waals surface area contributed by atoms with Crippen molar-refractivity contribution < 1.29 is 38.4 Å². The number of carboxylic acids is 2. The Labute approximate surface area is 299 Å². The molecular weight excluding hydrogens is 675 g/mol. The van der Waals surface area contributed by atoms with Crippen molar-refractivity contribution in [3.05, 3.63) is 82.4 Å². The number of para-hydroxylation sites is 1. The summed E-state index contributed by atoms with van der Waals surface area (Å²) in [7, 11) is -3.44. The van der Waals surface area contributed by atoms with Gasteiger partial charge in [0.15, 0.2) is 0 Å². The molecule has 0 aliphatic carbocycles. The SMILES string of the molecule is CCC1CN(Cc2cc(C(c3ccc4c(nnn4CC)c3C)C(C)(C)C(=O)NC(CCC(=O)O)C(=O)O)ccc2C)S(O)(O)c2ccccc2O1. The molecule has 4 aromatic rings. The van der Waals surface area contributed by atoms with Crippen LogP contribution in [-0.4, -0.2) is 75.2 Å². The lowest BCUT2D eigenvalue weighted by molar-refractivity contribution is -0.144. The van der Waals surface area contributed by atoms with Gasteiger partial charge in [-0.1, -0.05) is 62.4 Å². The summed E-state index contributed by atoms with van der Waals surface area (Å²) in [6.45, 7) is 12.4. The van der Waals surface area contributed by atoms with Gasteiger partial charge in [0, 0.05) is 25.4 Å². The summed E-state index contributed by atoms with van der Waals surface area (Å²) in [5.74, 6) is -3.25. The van der Waals surface area contributed by atoms with Crippen LogP contribution in [0.15, 0.2) is 59.5 Å². The van der Waals surface area contributed by atoms with Crippen molar-refractivity contribution in [3.63, 3.8) is 0 Å². The van der Waals surface area contributed by atoms with Gasteiger partial charge in [0.1, 0.15) is 28.3 Å². The molecule has 0 saturated carbocycles. The average molecular weight is 722 g/mol. The van der Waals surface area contributed by atoms with Gasteiger partial charge >= 0.3 is 11.9 Å². The molecule has 5 rings (SSSR count). The third kappa shape index (κ3) is 7.59. The number of fused-ring (bicyclic) bond motifs is 2. The zero-order valence-electron chi connectivity index (χ0n) is 29.8. The number of carbonyl (C=O) groups is 3. The summed E-state index contributed by atoms with van der Waals surface area (Å²) >= 11 is 0. The molecule has 0 fully saturated rings. The number of aromatic nitrogens is 3. The van der Waals surface area contributed by atoms with Gasteiger partial charge in [-0.05, 0) is 79.6 Å². The zero-order valence-corrected chi connectivity index (χ0v) is 30.6. The molecule has 5 N–H and O–H groups in total. The van der Waals surface area contributed by atoms with E-state index in [1.807, 2.05) is 58.0 Å². The van der Waals surface area contributed by atoms with Gasteiger partial charge in [-0.25, -0.2) is 9.48 Å². The molecule has 14 heteroatoms. The van der Waals surface area contributed by atoms with Gasteiger partial charge in [-0.2, -0.15) is 4.31 Å². The number of carbonyl (C=O) groups excluding carboxylic acids is 1. The maximum absolute atomic E-state index is 14.2. The number of aliphatic carboxylic acids is 2. The van der Waals surface area contributed by atoms with E-state index in [0.29, 0.717) is 29.1 Å². The number of nitrogens with one attached hydrogen (secondary N) is 1. The van der Waals surface area contributed by atoms with Crippen LogP contribution in [0.3, 0.4) is 0 Å². The smallest absolute Gasteiger partial charge is 0.326 e. The Bertz CT molecular complexity index is 1940. The van der Waals surface area contributed by atoms with E-state index in [-0.39, 0.29) is 25.6 Å². The molecule has 1 aliphatic rings. The Morgan fingerprint density at radius 2 is 1.78 bits per heavy atom. The van der Waals surface area contributed by atoms with Crippen LogP contribution >= 0.6 is 10.8 Å². The van der Waals surface area contributed by atoms with Crippen LogP contribution in [0.5, 0.6) is 5.75 Å². The Hall–Kier alpha value is -4.50. The molecule has 3 unspecified atom stereocenters. The highest BCUT2D eigenvalue weighted by molar-refractivity contribution is 8.22. The summed E-state index contributed by atoms with van der Waals surface area (Å²) in [4.78, 5) is 37.9. The van der Waals surface area contributed by atoms with Gasteiger partial charge in [0.05, 0.1) is 17.5 Å². The maximum Gasteiger partial charge on any atom is 0.326 e. The molecule has 0 spiro atoms. The number of aryl methyl sites for hydroxylation is 3. The van der Waals surface area contributed by atoms with Crippen LogP contribution in [0, 0.1) is 19.3 Å². The number of hydrogen-bond donors (Lipinski definition) is 5. The molecule has 0 saturated heterocycles. The normalized spacial score (nSPS) is 17.8. The number of ether oxygens (including phenoxy) is 1. The number of carboxylic acid groups (broad SMARTS) is 2. The van der Waals surface area contributed by atoms with E-state index in [9.17, 15) is 33.7 Å². The summed E-state index contributed by atoms with van der Waals surface area (Å²) in [5, 5.41) is 30.4. The van der Waals surface area contributed by atoms with Gasteiger partial charge in [-0.15, -0.1) is 15.9 Å². The van der Waals surface area contributed by atoms with E-state index < -0.39 is 52.4 Å². The highest BCUT2D eigenvalue weighted by Crippen LogP contribution is 2.57. The predicted octanol–water partition coefficient (Wildman–Crippen LogP) is 6.36. The van der Waals surface area contributed by atoms with Gasteiger partial charge in [0.2, 0.25) is 5.91 Å². The van der Waals surface area contributed by atoms with Crippen molar-refractivity contribution in [1.29, 1.82) is 0 Å². The Morgan fingerprint density at radius 3 is 2.45 bits per heavy atom. The molecule has 51 heavy (non-hydrogen) atoms. The first kappa shape index (κ1) is 37.7. The Kier molecular flexibility index (Phi) is 11.1. The van der Waals surface area contributed by atoms with Crippen molar-refractivity contribution in [2.45, 2.75) is 96.9 Å². The van der Waals surface area contributed by atoms with Crippen LogP contribution < -0.4 is 10.1 Å². The van der Waals surface area contributed by atoms with E-state index in [2.05, 4.69) is 15.6 Å². The lowest BCUT2D eigenvalue weighted by Gasteiger charge is -2.42. The second kappa shape index (κ2) is 15.0. The standard InChI is InChI=1S/C37H47N5O8S/c1-7-26-21-41(51(48,49)31-12-10-9-11-30(31)50-26)20-25-19-24(14-13-22(25)3)33(27-15-17-29-34(23(27)4)39-40-42(29)8-2)37(5,6)36(47)38-28(35(45)46)16-18-32(43)44/h9-15,17,19,26,28,33,48-49H,7-8,16,18,20-21H2,1-6H3,(H,38,47)(H,43,44)(H,45,46). The number of nitrogens with zero attached hydrogens (tertiary/aromatic N) is 4. The second-order valence-electron chi connectivity index (χ2n) is 13.6. The topological polar surface area (TPSA) is 187 Å². The third-order valence-corrected chi connectivity index (χ3v) is 11.8. The van der Waals surface area contributed by atoms with Gasteiger partial charge in [0.25, 0.3) is 0 Å². The highest BCUT2D eigenvalue weighted by Gasteiger charge is 2.42. The van der Waals surface area contributed by atoms with Crippen LogP contribution in [0.4, 0.5) is 0 Å². The van der Waals surface area contributed by atoms with Crippen LogP contribution in [0.25, 0.3) is 11.0 Å². The third-order valence-electron chi connectivity index (χ3n) is 9.86. The monoisotopic (exact) mass is 721 g/mol. The Morgan fingerprint density at radius 1 is 1.06 bits per heavy atom. The van der Waals surface area contributed by atoms with Gasteiger partial charge in [-0.3, -0.25) is 18.7 Å². The largest absolute Gasteiger partial charge is 0.487 e. The number of amides is 1. The molecule has 3 atom stereocenters. The van der Waals surface area contributed by atoms with Crippen molar-refractivity contribution in [2.24, 2.45) is 5.41 Å². The molecule has 274 valence electrons. The van der Waals surface area contributed by atoms with Crippen molar-refractivity contribution >= 4 is 39.7 Å². The van der Waals surface area contributed by atoms with E-state index >= 15 is 0 Å². The molecule has 1 aliphatic heterocycles. The van der Waals surface area contributed by atoms with Gasteiger partial charge < -0.3 is 20.3 Å². The van der Waals surface area contributed by atoms with E-state index in [1.54, 1.807) is 47.1 Å². The van der Waals surface area contributed by atoms with Crippen LogP contribution in [0.2, 0.25) is 0 Å². The first-order valence-electron chi connectivity index (χ1n) is 17.1. The van der Waals surface area contributed by atoms with E-state index in [4.69, 9.17) is 4.74 Å². The lowest BCUT2D eigenvalue weighted by Crippen LogP contribution is -2.49. The zero-order chi connectivity index (χ0) is 37.2. The number of hydrogen-bond acceptors (Lipinski definition) is 9. The first-order chi connectivity index (χ1) is 24.1. The fourth-order valence-electron chi connectivity index (χ4n) is 6.77. The fourth-order valence-corrected chi connectivity index (χ4v) is 8.39. The van der Waals surface area contributed by atoms with Crippen LogP contribution in [-0.2, 0) is 27.5 Å². The van der Waals surface area contributed by atoms with Crippen LogP contribution in [0.1, 0.15) is 80.7 Å². The van der Waals surface area contributed by atoms with E-state index in [1.165, 1.54) is 0 Å². The highest BCUT2D eigenvalue weighted by atomic mass is 32.3. The summed E-state index contributed by atoms with van der Waals surface area (Å²) in [6, 6.07) is 15.3. The maximum atomic E-state index is 14.2. The van der Waals surface area contributed by atoms with Crippen molar-refractivity contribution in [3.8, 4) is 5.75 Å². The second-order valence-corrected chi connectivity index (χ2v) is 15.6. The molecule has 0 bridgehead atoms. The average Bonchev–Trinajstić information content (AvgIpc) is 3.47. The molecule has 13 nitrogen and oxygen atoms in total. The predicted molar refractivity (Wildman–Crippen MR) is 194 cm³/mol. The van der Waals surface area contributed by atoms with Crippen molar-refractivity contribution in [1.82, 2.24) is 24.6 Å². The summed E-state index contributed by atoms with van der Waals surface area (Å²) in [6.07, 6.45) is -0.327. The minimum Gasteiger partial charge on any atom is -0.487 e. The van der Waals surface area contributed by atoms with Crippen molar-refractivity contribution in [2.75, 3.05) is 6.54 Å². The number of rotatable bonds is 13. The summed E-state index contributed by atoms with van der Waals surface area (Å²) < 4.78 is 33.0. The first-order valence-corrected chi connectivity index (χ1v) is 18.6. The minimum absolute atomic E-state index is 0.175. The minimum atomic E-state index is -3.44. The summed E-state index contributed by atoms with van der Waals surface area (Å²) in [5.41, 5.74) is 4.29. The molecule has 1 amide bonds. The van der Waals surface area contributed by atoms with E-state index in [0.717, 1.165) is 33.3 Å². The molecule has 0 radical (unpaired) electrons. The quantitative estimate of drug-likeness (QED) is 0.103. The molecular formula is C37H47N5O8S. The molecule has 2 heterocycles. The Balaban J connectivity index is 1.61. The molecule has 1 aromatic heterocycles. The molecule has 3 aromatic carbocycles. The lowest BCUT2D eigenvalue weighted by atomic mass is 9.69. The fraction of sp³-hybridized carbons (Fsp3) is 0.432.